The summed E-state index contributed by atoms with van der Waals surface area (Å²) in [4.78, 5) is 10.8. The van der Waals surface area contributed by atoms with E-state index in [0.29, 0.717) is 17.0 Å². The number of para-hydroxylation sites is 1. The van der Waals surface area contributed by atoms with Crippen LogP contribution in [0.15, 0.2) is 78.9 Å². The predicted molar refractivity (Wildman–Crippen MR) is 140 cm³/mol. The zero-order valence-corrected chi connectivity index (χ0v) is 21.0. The quantitative estimate of drug-likeness (QED) is 0.228. The van der Waals surface area contributed by atoms with Gasteiger partial charge in [-0.05, 0) is 46.7 Å². The summed E-state index contributed by atoms with van der Waals surface area (Å²) < 4.78 is 0. The summed E-state index contributed by atoms with van der Waals surface area (Å²) in [6.45, 7) is 9.67. The molecule has 4 rings (SSSR count). The van der Waals surface area contributed by atoms with Gasteiger partial charge in [0.15, 0.2) is 0 Å². The van der Waals surface area contributed by atoms with Crippen molar-refractivity contribution in [2.45, 2.75) is 63.2 Å². The van der Waals surface area contributed by atoms with Gasteiger partial charge in [0.2, 0.25) is 0 Å². The van der Waals surface area contributed by atoms with Crippen LogP contribution in [0.1, 0.15) is 57.2 Å². The largest absolute Gasteiger partial charge is 0.378 e. The molecular formula is C28H34N2O2Si. The molecule has 1 heterocycles. The second-order valence-corrected chi connectivity index (χ2v) is 15.4. The van der Waals surface area contributed by atoms with E-state index in [1.54, 1.807) is 17.3 Å². The third-order valence-electron chi connectivity index (χ3n) is 7.71. The summed E-state index contributed by atoms with van der Waals surface area (Å²) in [7, 11) is -1.85. The minimum atomic E-state index is -1.85. The lowest BCUT2D eigenvalue weighted by Crippen LogP contribution is -2.54. The number of nitro benzene ring substituents is 1. The highest BCUT2D eigenvalue weighted by molar-refractivity contribution is 6.94. The lowest BCUT2D eigenvalue weighted by Gasteiger charge is -2.45. The Hall–Kier alpha value is -2.92. The minimum absolute atomic E-state index is 0.140. The van der Waals surface area contributed by atoms with Gasteiger partial charge in [-0.15, -0.1) is 0 Å². The molecule has 4 nitrogen and oxygen atoms in total. The Labute approximate surface area is 198 Å². The van der Waals surface area contributed by atoms with E-state index in [4.69, 9.17) is 0 Å². The van der Waals surface area contributed by atoms with Crippen LogP contribution in [-0.2, 0) is 0 Å². The van der Waals surface area contributed by atoms with Crippen LogP contribution in [-0.4, -0.2) is 13.0 Å². The molecule has 0 unspecified atom stereocenters. The van der Waals surface area contributed by atoms with E-state index in [1.807, 2.05) is 12.1 Å². The van der Waals surface area contributed by atoms with Crippen molar-refractivity contribution >= 4 is 24.6 Å². The number of fused-ring (bicyclic) bond motifs is 1. The van der Waals surface area contributed by atoms with E-state index < -0.39 is 8.07 Å². The third-order valence-corrected chi connectivity index (χ3v) is 14.4. The molecule has 0 saturated carbocycles. The van der Waals surface area contributed by atoms with E-state index in [1.165, 1.54) is 17.3 Å². The Morgan fingerprint density at radius 2 is 1.52 bits per heavy atom. The van der Waals surface area contributed by atoms with Gasteiger partial charge in [-0.1, -0.05) is 93.5 Å². The van der Waals surface area contributed by atoms with Gasteiger partial charge in [0.25, 0.3) is 5.69 Å². The van der Waals surface area contributed by atoms with Crippen molar-refractivity contribution in [1.82, 2.24) is 0 Å². The highest BCUT2D eigenvalue weighted by Crippen LogP contribution is 2.48. The number of non-ortho nitro benzene ring substituents is 1. The van der Waals surface area contributed by atoms with E-state index >= 15 is 0 Å². The van der Waals surface area contributed by atoms with E-state index in [2.05, 4.69) is 87.6 Å². The van der Waals surface area contributed by atoms with Crippen molar-refractivity contribution in [3.8, 4) is 0 Å². The van der Waals surface area contributed by atoms with Gasteiger partial charge in [0.05, 0.1) is 19.0 Å². The third kappa shape index (κ3) is 4.47. The minimum Gasteiger partial charge on any atom is -0.378 e. The Morgan fingerprint density at radius 1 is 0.909 bits per heavy atom. The van der Waals surface area contributed by atoms with Crippen molar-refractivity contribution in [3.05, 3.63) is 100 Å². The van der Waals surface area contributed by atoms with Crippen LogP contribution in [0.25, 0.3) is 0 Å². The summed E-state index contributed by atoms with van der Waals surface area (Å²) in [5.41, 5.74) is 5.10. The van der Waals surface area contributed by atoms with Crippen molar-refractivity contribution in [2.75, 3.05) is 5.32 Å². The molecule has 0 radical (unpaired) electrons. The van der Waals surface area contributed by atoms with Crippen LogP contribution in [0, 0.1) is 10.1 Å². The summed E-state index contributed by atoms with van der Waals surface area (Å²) in [6, 6.07) is 28.3. The number of nitrogens with one attached hydrogen (secondary N) is 1. The van der Waals surface area contributed by atoms with Crippen LogP contribution in [0.2, 0.25) is 17.1 Å². The topological polar surface area (TPSA) is 55.2 Å². The van der Waals surface area contributed by atoms with E-state index in [0.717, 1.165) is 12.0 Å². The van der Waals surface area contributed by atoms with E-state index in [-0.39, 0.29) is 16.7 Å². The Bertz CT molecular complexity index is 1090. The highest BCUT2D eigenvalue weighted by atomic mass is 28.3. The molecule has 0 aliphatic carbocycles. The monoisotopic (exact) mass is 458 g/mol. The normalized spacial score (nSPS) is 18.1. The van der Waals surface area contributed by atoms with Crippen LogP contribution >= 0.6 is 0 Å². The van der Waals surface area contributed by atoms with Crippen LogP contribution in [0.3, 0.4) is 0 Å². The first-order chi connectivity index (χ1) is 15.8. The zero-order chi connectivity index (χ0) is 23.6. The van der Waals surface area contributed by atoms with Crippen molar-refractivity contribution in [3.63, 3.8) is 0 Å². The fraction of sp³-hybridized carbons (Fsp3) is 0.357. The van der Waals surface area contributed by atoms with Crippen molar-refractivity contribution < 1.29 is 4.92 Å². The van der Waals surface area contributed by atoms with Gasteiger partial charge in [0, 0.05) is 17.8 Å². The maximum Gasteiger partial charge on any atom is 0.269 e. The fourth-order valence-electron chi connectivity index (χ4n) is 5.96. The number of hydrogen-bond acceptors (Lipinski definition) is 3. The molecule has 0 aromatic heterocycles. The van der Waals surface area contributed by atoms with Crippen molar-refractivity contribution in [1.29, 1.82) is 0 Å². The molecule has 2 atom stereocenters. The highest BCUT2D eigenvalue weighted by Gasteiger charge is 2.44. The molecule has 0 fully saturated rings. The predicted octanol–water partition coefficient (Wildman–Crippen LogP) is 7.41. The summed E-state index contributed by atoms with van der Waals surface area (Å²) in [6.07, 6.45) is 0.996. The molecule has 5 heteroatoms. The van der Waals surface area contributed by atoms with Crippen LogP contribution in [0.4, 0.5) is 11.4 Å². The molecule has 3 aromatic carbocycles. The number of nitrogens with zero attached hydrogens (tertiary/aromatic N) is 1. The molecular weight excluding hydrogens is 424 g/mol. The second kappa shape index (κ2) is 9.52. The molecule has 0 bridgehead atoms. The summed E-state index contributed by atoms with van der Waals surface area (Å²) in [5.74, 6) is 0.444. The maximum atomic E-state index is 11.1. The second-order valence-electron chi connectivity index (χ2n) is 9.99. The summed E-state index contributed by atoms with van der Waals surface area (Å²) >= 11 is 0. The Balaban J connectivity index is 1.74. The molecule has 0 amide bonds. The number of hydrogen-bond donors (Lipinski definition) is 1. The molecule has 0 saturated heterocycles. The lowest BCUT2D eigenvalue weighted by atomic mass is 9.85. The number of benzene rings is 3. The Morgan fingerprint density at radius 3 is 2.12 bits per heavy atom. The average molecular weight is 459 g/mol. The van der Waals surface area contributed by atoms with Gasteiger partial charge in [-0.2, -0.15) is 0 Å². The molecule has 1 aliphatic heterocycles. The first-order valence-corrected chi connectivity index (χ1v) is 14.3. The van der Waals surface area contributed by atoms with E-state index in [9.17, 15) is 10.1 Å². The smallest absolute Gasteiger partial charge is 0.269 e. The fourth-order valence-corrected chi connectivity index (χ4v) is 11.8. The lowest BCUT2D eigenvalue weighted by molar-refractivity contribution is -0.384. The first-order valence-electron chi connectivity index (χ1n) is 12.0. The van der Waals surface area contributed by atoms with Gasteiger partial charge in [-0.3, -0.25) is 10.1 Å². The number of nitro groups is 1. The first kappa shape index (κ1) is 23.2. The van der Waals surface area contributed by atoms with Gasteiger partial charge < -0.3 is 5.32 Å². The Kier molecular flexibility index (Phi) is 6.70. The SMILES string of the molecule is CC(C)[Si](C[C@@H]1C[C@H](c2ccc([N+](=O)[O-])cc2)Nc2ccccc21)(c1ccccc1)C(C)C. The van der Waals surface area contributed by atoms with Crippen LogP contribution < -0.4 is 10.5 Å². The number of anilines is 1. The molecule has 172 valence electrons. The van der Waals surface area contributed by atoms with Crippen molar-refractivity contribution in [2.24, 2.45) is 0 Å². The molecule has 0 spiro atoms. The molecule has 1 aliphatic rings. The number of rotatable bonds is 7. The maximum absolute atomic E-state index is 11.1. The van der Waals surface area contributed by atoms with Crippen LogP contribution in [0.5, 0.6) is 0 Å². The van der Waals surface area contributed by atoms with Gasteiger partial charge in [0.1, 0.15) is 0 Å². The zero-order valence-electron chi connectivity index (χ0n) is 20.0. The summed E-state index contributed by atoms with van der Waals surface area (Å²) in [5, 5.41) is 16.4. The standard InChI is InChI=1S/C28H34N2O2Si/c1-20(2)33(21(3)4,25-10-6-5-7-11-25)19-23-18-28(29-27-13-9-8-12-26(23)27)22-14-16-24(17-15-22)30(31)32/h5-17,20-21,23,28-29H,18-19H2,1-4H3/t23-,28+/m0/s1. The molecule has 1 N–H and O–H groups in total. The van der Waals surface area contributed by atoms with Gasteiger partial charge >= 0.3 is 0 Å². The molecule has 3 aromatic rings. The average Bonchev–Trinajstić information content (AvgIpc) is 2.82. The van der Waals surface area contributed by atoms with Gasteiger partial charge in [-0.25, -0.2) is 0 Å². The molecule has 33 heavy (non-hydrogen) atoms.